The Morgan fingerprint density at radius 2 is 2.08 bits per heavy atom. The first-order chi connectivity index (χ1) is 11.7. The molecule has 6 heteroatoms. The van der Waals surface area contributed by atoms with Crippen molar-refractivity contribution in [1.82, 2.24) is 25.7 Å². The molecule has 2 aromatic rings. The molecule has 2 heterocycles. The Morgan fingerprint density at radius 3 is 2.79 bits per heavy atom. The highest BCUT2D eigenvalue weighted by atomic mass is 16.2. The van der Waals surface area contributed by atoms with Crippen LogP contribution in [0.2, 0.25) is 0 Å². The van der Waals surface area contributed by atoms with Gasteiger partial charge in [-0.2, -0.15) is 0 Å². The first-order valence-electron chi connectivity index (χ1n) is 8.93. The molecule has 3 N–H and O–H groups in total. The maximum atomic E-state index is 12.8. The van der Waals surface area contributed by atoms with Gasteiger partial charge in [0.25, 0.3) is 0 Å². The van der Waals surface area contributed by atoms with Gasteiger partial charge in [0.2, 0.25) is 5.91 Å². The van der Waals surface area contributed by atoms with Gasteiger partial charge in [0.15, 0.2) is 0 Å². The van der Waals surface area contributed by atoms with Crippen molar-refractivity contribution in [3.8, 4) is 0 Å². The van der Waals surface area contributed by atoms with E-state index in [-0.39, 0.29) is 11.9 Å². The van der Waals surface area contributed by atoms with Gasteiger partial charge in [-0.1, -0.05) is 26.0 Å². The van der Waals surface area contributed by atoms with E-state index < -0.39 is 0 Å². The minimum atomic E-state index is -0.202. The summed E-state index contributed by atoms with van der Waals surface area (Å²) in [7, 11) is 0. The summed E-state index contributed by atoms with van der Waals surface area (Å²) < 4.78 is 2.11. The summed E-state index contributed by atoms with van der Waals surface area (Å²) in [6.45, 7) is 6.81. The van der Waals surface area contributed by atoms with E-state index in [0.717, 1.165) is 55.8 Å². The summed E-state index contributed by atoms with van der Waals surface area (Å²) in [5.74, 6) is 1.65. The van der Waals surface area contributed by atoms with Gasteiger partial charge < -0.3 is 9.88 Å². The number of hydrazine groups is 1. The van der Waals surface area contributed by atoms with Crippen LogP contribution in [-0.4, -0.2) is 35.1 Å². The zero-order valence-corrected chi connectivity index (χ0v) is 14.5. The van der Waals surface area contributed by atoms with E-state index in [9.17, 15) is 4.79 Å². The second-order valence-electron chi connectivity index (χ2n) is 6.37. The zero-order valence-electron chi connectivity index (χ0n) is 14.5. The number of hydrogen-bond donors (Lipinski definition) is 3. The van der Waals surface area contributed by atoms with Crippen LogP contribution in [0.1, 0.15) is 38.6 Å². The van der Waals surface area contributed by atoms with Crippen molar-refractivity contribution in [3.63, 3.8) is 0 Å². The fraction of sp³-hybridized carbons (Fsp3) is 0.556. The van der Waals surface area contributed by atoms with Crippen LogP contribution in [0.5, 0.6) is 0 Å². The maximum absolute atomic E-state index is 12.8. The van der Waals surface area contributed by atoms with Crippen LogP contribution in [0.4, 0.5) is 0 Å². The average molecular weight is 329 g/mol. The van der Waals surface area contributed by atoms with Crippen LogP contribution in [0.3, 0.4) is 0 Å². The number of hydrogen-bond acceptors (Lipinski definition) is 4. The van der Waals surface area contributed by atoms with E-state index >= 15 is 0 Å². The van der Waals surface area contributed by atoms with E-state index in [1.54, 1.807) is 0 Å². The number of carbonyl (C=O) groups excluding carboxylic acids is 1. The van der Waals surface area contributed by atoms with Crippen LogP contribution in [0.15, 0.2) is 24.3 Å². The van der Waals surface area contributed by atoms with E-state index in [4.69, 9.17) is 4.98 Å². The van der Waals surface area contributed by atoms with E-state index in [1.807, 2.05) is 24.3 Å². The molecule has 1 aromatic carbocycles. The molecule has 1 amide bonds. The lowest BCUT2D eigenvalue weighted by Gasteiger charge is -2.20. The van der Waals surface area contributed by atoms with Crippen molar-refractivity contribution in [2.24, 2.45) is 5.92 Å². The SMILES string of the molecule is CCc1nc2ccccc2n1C(CC)C(=O)NCCC1CNNC1. The molecule has 0 aliphatic carbocycles. The number of amides is 1. The monoisotopic (exact) mass is 329 g/mol. The standard InChI is InChI=1S/C18H27N5O/c1-3-15(18(24)19-10-9-13-11-20-21-12-13)23-16-8-6-5-7-14(16)22-17(23)4-2/h5-8,13,15,20-21H,3-4,9-12H2,1-2H3,(H,19,24). The number of aromatic nitrogens is 2. The Kier molecular flexibility index (Phi) is 5.48. The third-order valence-corrected chi connectivity index (χ3v) is 4.74. The second-order valence-corrected chi connectivity index (χ2v) is 6.37. The molecular weight excluding hydrogens is 302 g/mol. The van der Waals surface area contributed by atoms with Gasteiger partial charge >= 0.3 is 0 Å². The number of fused-ring (bicyclic) bond motifs is 1. The lowest BCUT2D eigenvalue weighted by atomic mass is 10.1. The molecule has 1 aromatic heterocycles. The molecule has 1 fully saturated rings. The van der Waals surface area contributed by atoms with E-state index in [0.29, 0.717) is 5.92 Å². The highest BCUT2D eigenvalue weighted by Gasteiger charge is 2.23. The number of para-hydroxylation sites is 2. The van der Waals surface area contributed by atoms with Crippen molar-refractivity contribution in [2.45, 2.75) is 39.2 Å². The molecule has 3 rings (SSSR count). The van der Waals surface area contributed by atoms with Crippen LogP contribution < -0.4 is 16.2 Å². The maximum Gasteiger partial charge on any atom is 0.243 e. The third kappa shape index (κ3) is 3.44. The van der Waals surface area contributed by atoms with Crippen LogP contribution in [0, 0.1) is 5.92 Å². The molecule has 24 heavy (non-hydrogen) atoms. The van der Waals surface area contributed by atoms with E-state index in [2.05, 4.69) is 34.6 Å². The smallest absolute Gasteiger partial charge is 0.243 e. The van der Waals surface area contributed by atoms with Crippen molar-refractivity contribution < 1.29 is 4.79 Å². The fourth-order valence-electron chi connectivity index (χ4n) is 3.40. The zero-order chi connectivity index (χ0) is 16.9. The Balaban J connectivity index is 1.74. The number of carbonyl (C=O) groups is 1. The van der Waals surface area contributed by atoms with Crippen molar-refractivity contribution >= 4 is 16.9 Å². The van der Waals surface area contributed by atoms with Gasteiger partial charge in [-0.25, -0.2) is 4.98 Å². The third-order valence-electron chi connectivity index (χ3n) is 4.74. The topological polar surface area (TPSA) is 71.0 Å². The molecule has 1 saturated heterocycles. The lowest BCUT2D eigenvalue weighted by molar-refractivity contribution is -0.124. The largest absolute Gasteiger partial charge is 0.354 e. The normalized spacial score (nSPS) is 16.6. The molecule has 6 nitrogen and oxygen atoms in total. The molecule has 0 spiro atoms. The number of imidazole rings is 1. The summed E-state index contributed by atoms with van der Waals surface area (Å²) in [6.07, 6.45) is 2.57. The molecule has 130 valence electrons. The van der Waals surface area contributed by atoms with Gasteiger partial charge in [0.1, 0.15) is 11.9 Å². The summed E-state index contributed by atoms with van der Waals surface area (Å²) in [6, 6.07) is 7.85. The van der Waals surface area contributed by atoms with Crippen LogP contribution in [-0.2, 0) is 11.2 Å². The van der Waals surface area contributed by atoms with Gasteiger partial charge in [0, 0.05) is 26.1 Å². The molecule has 0 radical (unpaired) electrons. The number of nitrogens with one attached hydrogen (secondary N) is 3. The molecule has 0 saturated carbocycles. The fourth-order valence-corrected chi connectivity index (χ4v) is 3.40. The summed E-state index contributed by atoms with van der Waals surface area (Å²) >= 11 is 0. The summed E-state index contributed by atoms with van der Waals surface area (Å²) in [5, 5.41) is 3.12. The predicted octanol–water partition coefficient (Wildman–Crippen LogP) is 1.78. The molecule has 1 atom stereocenters. The molecule has 1 unspecified atom stereocenters. The molecule has 0 bridgehead atoms. The summed E-state index contributed by atoms with van der Waals surface area (Å²) in [4.78, 5) is 17.5. The first kappa shape index (κ1) is 16.9. The number of benzene rings is 1. The number of nitrogens with zero attached hydrogens (tertiary/aromatic N) is 2. The minimum absolute atomic E-state index is 0.0919. The highest BCUT2D eigenvalue weighted by molar-refractivity contribution is 5.84. The Morgan fingerprint density at radius 1 is 1.33 bits per heavy atom. The van der Waals surface area contributed by atoms with E-state index in [1.165, 1.54) is 0 Å². The van der Waals surface area contributed by atoms with Crippen molar-refractivity contribution in [3.05, 3.63) is 30.1 Å². The quantitative estimate of drug-likeness (QED) is 0.724. The van der Waals surface area contributed by atoms with Crippen molar-refractivity contribution in [2.75, 3.05) is 19.6 Å². The van der Waals surface area contributed by atoms with Gasteiger partial charge in [0.05, 0.1) is 11.0 Å². The van der Waals surface area contributed by atoms with Gasteiger partial charge in [-0.15, -0.1) is 0 Å². The van der Waals surface area contributed by atoms with Crippen molar-refractivity contribution in [1.29, 1.82) is 0 Å². The Hall–Kier alpha value is -1.92. The minimum Gasteiger partial charge on any atom is -0.354 e. The summed E-state index contributed by atoms with van der Waals surface area (Å²) in [5.41, 5.74) is 8.26. The van der Waals surface area contributed by atoms with Gasteiger partial charge in [-0.05, 0) is 30.9 Å². The number of rotatable bonds is 7. The van der Waals surface area contributed by atoms with Crippen LogP contribution >= 0.6 is 0 Å². The Labute approximate surface area is 143 Å². The first-order valence-corrected chi connectivity index (χ1v) is 8.93. The average Bonchev–Trinajstić information content (AvgIpc) is 3.23. The molecular formula is C18H27N5O. The highest BCUT2D eigenvalue weighted by Crippen LogP contribution is 2.24. The molecule has 1 aliphatic rings. The Bertz CT molecular complexity index is 690. The molecule has 1 aliphatic heterocycles. The second kappa shape index (κ2) is 7.77. The lowest BCUT2D eigenvalue weighted by Crippen LogP contribution is -2.34. The number of aryl methyl sites for hydroxylation is 1. The van der Waals surface area contributed by atoms with Crippen LogP contribution in [0.25, 0.3) is 11.0 Å². The van der Waals surface area contributed by atoms with Gasteiger partial charge in [-0.3, -0.25) is 15.6 Å². The predicted molar refractivity (Wildman–Crippen MR) is 95.6 cm³/mol.